The first-order chi connectivity index (χ1) is 12.9. The first-order valence-electron chi connectivity index (χ1n) is 7.51. The van der Waals surface area contributed by atoms with Gasteiger partial charge in [-0.25, -0.2) is 4.98 Å². The molecule has 0 aromatic carbocycles. The summed E-state index contributed by atoms with van der Waals surface area (Å²) in [6.45, 7) is -0.500. The Hall–Kier alpha value is -1.64. The molecule has 2 aliphatic rings. The number of β-lactam (4-membered cyclic amide) rings is 1. The topological polar surface area (TPSA) is 170 Å². The Morgan fingerprint density at radius 2 is 2.29 bits per heavy atom. The summed E-state index contributed by atoms with van der Waals surface area (Å²) in [5.74, 6) is -2.70. The molecule has 28 heavy (non-hydrogen) atoms. The third-order valence-corrected chi connectivity index (χ3v) is 5.89. The number of oxime groups is 1. The van der Waals surface area contributed by atoms with Crippen LogP contribution < -0.4 is 45.7 Å². The van der Waals surface area contributed by atoms with Crippen molar-refractivity contribution in [3.05, 3.63) is 22.3 Å². The van der Waals surface area contributed by atoms with Crippen molar-refractivity contribution in [2.45, 2.75) is 11.4 Å². The molecular formula is C14H14N5NaO6S2. The Morgan fingerprint density at radius 3 is 2.82 bits per heavy atom. The van der Waals surface area contributed by atoms with Gasteiger partial charge in [0.1, 0.15) is 24.2 Å². The summed E-state index contributed by atoms with van der Waals surface area (Å²) in [4.78, 5) is 45.9. The Morgan fingerprint density at radius 1 is 1.57 bits per heavy atom. The number of amides is 2. The van der Waals surface area contributed by atoms with Crippen molar-refractivity contribution in [3.63, 3.8) is 0 Å². The third kappa shape index (κ3) is 4.04. The first kappa shape index (κ1) is 22.6. The Balaban J connectivity index is 0.00000280. The normalized spacial score (nSPS) is 21.4. The van der Waals surface area contributed by atoms with Crippen molar-refractivity contribution in [2.24, 2.45) is 5.16 Å². The number of rotatable bonds is 6. The molecule has 2 aliphatic heterocycles. The Labute approximate surface area is 189 Å². The maximum absolute atomic E-state index is 12.5. The van der Waals surface area contributed by atoms with Gasteiger partial charge in [-0.05, 0) is 5.57 Å². The van der Waals surface area contributed by atoms with Crippen molar-refractivity contribution >= 4 is 51.7 Å². The molecule has 1 aromatic rings. The van der Waals surface area contributed by atoms with Crippen LogP contribution in [0.5, 0.6) is 0 Å². The zero-order valence-electron chi connectivity index (χ0n) is 14.9. The maximum Gasteiger partial charge on any atom is 1.00 e. The summed E-state index contributed by atoms with van der Waals surface area (Å²) < 4.78 is 0. The second kappa shape index (κ2) is 9.24. The fourth-order valence-corrected chi connectivity index (χ4v) is 4.58. The summed E-state index contributed by atoms with van der Waals surface area (Å²) >= 11 is 2.33. The van der Waals surface area contributed by atoms with Crippen LogP contribution in [0, 0.1) is 0 Å². The first-order valence-corrected chi connectivity index (χ1v) is 9.44. The number of aliphatic hydroxyl groups excluding tert-OH is 1. The smallest absolute Gasteiger partial charge is 0.543 e. The van der Waals surface area contributed by atoms with E-state index in [0.29, 0.717) is 0 Å². The van der Waals surface area contributed by atoms with Crippen molar-refractivity contribution in [1.82, 2.24) is 15.2 Å². The summed E-state index contributed by atoms with van der Waals surface area (Å²) in [5.41, 5.74) is 5.42. The largest absolute Gasteiger partial charge is 1.00 e. The van der Waals surface area contributed by atoms with E-state index in [0.717, 1.165) is 16.2 Å². The molecule has 11 nitrogen and oxygen atoms in total. The number of hydrogen-bond acceptors (Lipinski definition) is 11. The van der Waals surface area contributed by atoms with Crippen LogP contribution in [0.2, 0.25) is 0 Å². The summed E-state index contributed by atoms with van der Waals surface area (Å²) in [7, 11) is 1.25. The SMILES string of the molecule is CON=C(C(=O)N[C@H]1C(=O)N2C(C(=O)[O-])=C(CO)CS[C@@H]12)c1csc(N)n1.[Na+]. The molecule has 0 radical (unpaired) electrons. The second-order valence-corrected chi connectivity index (χ2v) is 7.45. The van der Waals surface area contributed by atoms with Crippen LogP contribution >= 0.6 is 23.1 Å². The molecule has 2 atom stereocenters. The fraction of sp³-hybridized carbons (Fsp3) is 0.357. The predicted octanol–water partition coefficient (Wildman–Crippen LogP) is -5.52. The molecule has 1 saturated heterocycles. The van der Waals surface area contributed by atoms with E-state index in [1.807, 2.05) is 0 Å². The zero-order valence-corrected chi connectivity index (χ0v) is 18.5. The quantitative estimate of drug-likeness (QED) is 0.171. The molecule has 144 valence electrons. The Bertz CT molecular complexity index is 872. The number of anilines is 1. The number of carbonyl (C=O) groups is 3. The van der Waals surface area contributed by atoms with Gasteiger partial charge in [0.2, 0.25) is 0 Å². The third-order valence-electron chi connectivity index (χ3n) is 3.88. The van der Waals surface area contributed by atoms with Gasteiger partial charge in [-0.15, -0.1) is 23.1 Å². The van der Waals surface area contributed by atoms with E-state index >= 15 is 0 Å². The van der Waals surface area contributed by atoms with Gasteiger partial charge in [-0.2, -0.15) is 0 Å². The number of thiazole rings is 1. The van der Waals surface area contributed by atoms with Crippen LogP contribution in [0.4, 0.5) is 5.13 Å². The van der Waals surface area contributed by atoms with E-state index in [4.69, 9.17) is 5.73 Å². The van der Waals surface area contributed by atoms with E-state index < -0.39 is 35.8 Å². The van der Waals surface area contributed by atoms with Gasteiger partial charge >= 0.3 is 29.6 Å². The van der Waals surface area contributed by atoms with Crippen molar-refractivity contribution < 1.29 is 59.0 Å². The number of aliphatic carboxylic acids is 1. The van der Waals surface area contributed by atoms with Crippen LogP contribution in [0.25, 0.3) is 0 Å². The number of hydrogen-bond donors (Lipinski definition) is 3. The van der Waals surface area contributed by atoms with E-state index in [1.54, 1.807) is 0 Å². The Kier molecular flexibility index (Phi) is 7.47. The number of nitrogens with zero attached hydrogens (tertiary/aromatic N) is 3. The van der Waals surface area contributed by atoms with E-state index in [9.17, 15) is 24.6 Å². The van der Waals surface area contributed by atoms with Gasteiger partial charge in [0.15, 0.2) is 10.8 Å². The average Bonchev–Trinajstić information content (AvgIpc) is 3.08. The van der Waals surface area contributed by atoms with Gasteiger partial charge in [-0.1, -0.05) is 5.16 Å². The number of carbonyl (C=O) groups excluding carboxylic acids is 3. The maximum atomic E-state index is 12.5. The number of fused-ring (bicyclic) bond motifs is 1. The predicted molar refractivity (Wildman–Crippen MR) is 94.2 cm³/mol. The van der Waals surface area contributed by atoms with Crippen LogP contribution in [0.15, 0.2) is 21.8 Å². The molecule has 1 fully saturated rings. The molecule has 1 aromatic heterocycles. The summed E-state index contributed by atoms with van der Waals surface area (Å²) in [6.07, 6.45) is 0. The molecule has 0 spiro atoms. The monoisotopic (exact) mass is 435 g/mol. The number of carboxylic acids is 1. The minimum Gasteiger partial charge on any atom is -0.543 e. The number of aromatic nitrogens is 1. The van der Waals surface area contributed by atoms with Crippen LogP contribution in [0.1, 0.15) is 5.69 Å². The molecule has 0 saturated carbocycles. The van der Waals surface area contributed by atoms with E-state index in [1.165, 1.54) is 24.3 Å². The summed E-state index contributed by atoms with van der Waals surface area (Å²) in [5, 5.41) is 27.9. The summed E-state index contributed by atoms with van der Waals surface area (Å²) in [6, 6.07) is -0.963. The minimum absolute atomic E-state index is 0. The second-order valence-electron chi connectivity index (χ2n) is 5.45. The number of carboxylic acid groups (broad SMARTS) is 1. The molecule has 0 bridgehead atoms. The van der Waals surface area contributed by atoms with Gasteiger partial charge in [0, 0.05) is 11.1 Å². The molecule has 0 aliphatic carbocycles. The standard InChI is InChI=1S/C14H15N5O6S2.Na/c1-25-18-7(6-4-27-14(15)16-6)10(21)17-8-11(22)19-9(13(23)24)5(2-20)3-26-12(8)19;/h4,8,12,20H,2-3H2,1H3,(H2,15,16)(H,17,21)(H,23,24);/q;+1/p-1/t8-,12-;/m0./s1. The van der Waals surface area contributed by atoms with Gasteiger partial charge in [0.05, 0.1) is 18.3 Å². The number of nitrogens with one attached hydrogen (secondary N) is 1. The van der Waals surface area contributed by atoms with Crippen LogP contribution in [0.3, 0.4) is 0 Å². The van der Waals surface area contributed by atoms with Crippen molar-refractivity contribution in [2.75, 3.05) is 25.2 Å². The molecule has 2 amide bonds. The van der Waals surface area contributed by atoms with Gasteiger partial charge < -0.3 is 30.9 Å². The van der Waals surface area contributed by atoms with Crippen LogP contribution in [-0.4, -0.2) is 69.4 Å². The van der Waals surface area contributed by atoms with E-state index in [2.05, 4.69) is 20.3 Å². The average molecular weight is 435 g/mol. The molecule has 4 N–H and O–H groups in total. The minimum atomic E-state index is -1.55. The van der Waals surface area contributed by atoms with Gasteiger partial charge in [-0.3, -0.25) is 14.5 Å². The van der Waals surface area contributed by atoms with Crippen molar-refractivity contribution in [3.8, 4) is 0 Å². The zero-order chi connectivity index (χ0) is 19.7. The number of aliphatic hydroxyl groups is 1. The fourth-order valence-electron chi connectivity index (χ4n) is 2.70. The van der Waals surface area contributed by atoms with Gasteiger partial charge in [0.25, 0.3) is 11.8 Å². The molecule has 0 unspecified atom stereocenters. The molecule has 3 heterocycles. The number of nitrogens with two attached hydrogens (primary N) is 1. The number of thioether (sulfide) groups is 1. The van der Waals surface area contributed by atoms with Crippen molar-refractivity contribution in [1.29, 1.82) is 0 Å². The van der Waals surface area contributed by atoms with Crippen LogP contribution in [-0.2, 0) is 19.2 Å². The van der Waals surface area contributed by atoms with E-state index in [-0.39, 0.29) is 63.1 Å². The molecule has 14 heteroatoms. The number of nitrogen functional groups attached to an aromatic ring is 1. The molecular weight excluding hydrogens is 421 g/mol. The molecule has 3 rings (SSSR count).